The van der Waals surface area contributed by atoms with Crippen molar-refractivity contribution in [3.05, 3.63) is 60.2 Å². The number of benzene rings is 2. The van der Waals surface area contributed by atoms with Crippen LogP contribution >= 0.6 is 0 Å². The van der Waals surface area contributed by atoms with Gasteiger partial charge in [-0.2, -0.15) is 0 Å². The fourth-order valence-corrected chi connectivity index (χ4v) is 4.76. The van der Waals surface area contributed by atoms with Gasteiger partial charge in [-0.05, 0) is 42.7 Å². The summed E-state index contributed by atoms with van der Waals surface area (Å²) in [5.41, 5.74) is 1.46. The number of rotatable bonds is 8. The topological polar surface area (TPSA) is 75.7 Å². The second-order valence-corrected chi connectivity index (χ2v) is 10.1. The van der Waals surface area contributed by atoms with Crippen LogP contribution in [0, 0.1) is 0 Å². The molecule has 0 spiro atoms. The lowest BCUT2D eigenvalue weighted by molar-refractivity contribution is -0.123. The van der Waals surface area contributed by atoms with Crippen molar-refractivity contribution in [2.75, 3.05) is 17.2 Å². The van der Waals surface area contributed by atoms with Crippen molar-refractivity contribution in [1.29, 1.82) is 0 Å². The van der Waals surface area contributed by atoms with Crippen LogP contribution in [-0.2, 0) is 21.4 Å². The molecule has 168 valence electrons. The third-order valence-electron chi connectivity index (χ3n) is 5.53. The Morgan fingerprint density at radius 1 is 0.968 bits per heavy atom. The summed E-state index contributed by atoms with van der Waals surface area (Å²) >= 11 is 0. The van der Waals surface area contributed by atoms with Crippen LogP contribution in [0.5, 0.6) is 5.75 Å². The summed E-state index contributed by atoms with van der Waals surface area (Å²) in [4.78, 5) is 12.3. The average molecular weight is 445 g/mol. The van der Waals surface area contributed by atoms with E-state index in [0.717, 1.165) is 31.2 Å². The molecule has 0 atom stereocenters. The zero-order valence-electron chi connectivity index (χ0n) is 18.1. The highest BCUT2D eigenvalue weighted by Crippen LogP contribution is 2.24. The van der Waals surface area contributed by atoms with Crippen molar-refractivity contribution in [2.45, 2.75) is 57.5 Å². The van der Waals surface area contributed by atoms with E-state index in [0.29, 0.717) is 11.4 Å². The summed E-state index contributed by atoms with van der Waals surface area (Å²) in [7, 11) is -3.45. The molecule has 1 N–H and O–H groups in total. The van der Waals surface area contributed by atoms with Crippen LogP contribution in [0.25, 0.3) is 0 Å². The quantitative estimate of drug-likeness (QED) is 0.660. The first-order valence-corrected chi connectivity index (χ1v) is 12.8. The smallest absolute Gasteiger partial charge is 0.258 e. The normalized spacial score (nSPS) is 15.5. The van der Waals surface area contributed by atoms with Gasteiger partial charge in [0.05, 0.1) is 18.5 Å². The van der Waals surface area contributed by atoms with Crippen molar-refractivity contribution >= 4 is 21.6 Å². The van der Waals surface area contributed by atoms with E-state index in [-0.39, 0.29) is 25.1 Å². The molecule has 1 aliphatic carbocycles. The Morgan fingerprint density at radius 2 is 1.58 bits per heavy atom. The van der Waals surface area contributed by atoms with E-state index in [9.17, 15) is 13.2 Å². The summed E-state index contributed by atoms with van der Waals surface area (Å²) in [6.45, 7) is 0.208. The zero-order valence-corrected chi connectivity index (χ0v) is 18.9. The number of hydrogen-bond acceptors (Lipinski definition) is 4. The number of carbonyl (C=O) groups is 1. The molecular weight excluding hydrogens is 412 g/mol. The van der Waals surface area contributed by atoms with Crippen LogP contribution in [0.2, 0.25) is 0 Å². The first-order chi connectivity index (χ1) is 14.9. The summed E-state index contributed by atoms with van der Waals surface area (Å²) in [6.07, 6.45) is 9.35. The molecule has 2 aromatic rings. The Morgan fingerprint density at radius 3 is 2.19 bits per heavy atom. The van der Waals surface area contributed by atoms with E-state index < -0.39 is 10.0 Å². The van der Waals surface area contributed by atoms with Gasteiger partial charge < -0.3 is 10.1 Å². The standard InChI is InChI=1S/C24H32N2O4S/c1-31(28,29)26(18-20-10-6-5-7-11-20)22-14-16-23(17-15-22)30-19-24(27)25-21-12-8-3-2-4-9-13-21/h5-7,10-11,14-17,21H,2-4,8-9,12-13,18-19H2,1H3,(H,25,27). The van der Waals surface area contributed by atoms with Gasteiger partial charge in [0.1, 0.15) is 5.75 Å². The zero-order chi connectivity index (χ0) is 22.1. The minimum Gasteiger partial charge on any atom is -0.484 e. The molecule has 3 rings (SSSR count). The SMILES string of the molecule is CS(=O)(=O)N(Cc1ccccc1)c1ccc(OCC(=O)NC2CCCCCCC2)cc1. The van der Waals surface area contributed by atoms with Gasteiger partial charge in [-0.15, -0.1) is 0 Å². The van der Waals surface area contributed by atoms with Gasteiger partial charge in [-0.3, -0.25) is 9.10 Å². The van der Waals surface area contributed by atoms with E-state index in [1.807, 2.05) is 30.3 Å². The van der Waals surface area contributed by atoms with Gasteiger partial charge in [0.2, 0.25) is 10.0 Å². The molecule has 0 unspecified atom stereocenters. The van der Waals surface area contributed by atoms with E-state index in [4.69, 9.17) is 4.74 Å². The fraction of sp³-hybridized carbons (Fsp3) is 0.458. The van der Waals surface area contributed by atoms with E-state index >= 15 is 0 Å². The summed E-state index contributed by atoms with van der Waals surface area (Å²) < 4.78 is 31.6. The van der Waals surface area contributed by atoms with Gasteiger partial charge in [0.25, 0.3) is 5.91 Å². The van der Waals surface area contributed by atoms with Crippen LogP contribution in [0.1, 0.15) is 50.5 Å². The number of amides is 1. The maximum absolute atomic E-state index is 12.3. The van der Waals surface area contributed by atoms with E-state index in [1.54, 1.807) is 24.3 Å². The van der Waals surface area contributed by atoms with Crippen LogP contribution in [0.4, 0.5) is 5.69 Å². The number of hydrogen-bond donors (Lipinski definition) is 1. The molecule has 7 heteroatoms. The molecule has 1 aliphatic rings. The second kappa shape index (κ2) is 11.2. The first kappa shape index (κ1) is 23.1. The Balaban J connectivity index is 1.56. The minimum atomic E-state index is -3.45. The van der Waals surface area contributed by atoms with Crippen LogP contribution in [0.3, 0.4) is 0 Å². The third kappa shape index (κ3) is 7.58. The highest BCUT2D eigenvalue weighted by molar-refractivity contribution is 7.92. The lowest BCUT2D eigenvalue weighted by Crippen LogP contribution is -2.38. The number of anilines is 1. The highest BCUT2D eigenvalue weighted by Gasteiger charge is 2.18. The molecular formula is C24H32N2O4S. The van der Waals surface area contributed by atoms with Crippen molar-refractivity contribution in [2.24, 2.45) is 0 Å². The number of ether oxygens (including phenoxy) is 1. The van der Waals surface area contributed by atoms with Gasteiger partial charge in [0, 0.05) is 6.04 Å². The average Bonchev–Trinajstić information content (AvgIpc) is 2.73. The predicted octanol–water partition coefficient (Wildman–Crippen LogP) is 4.26. The number of nitrogens with zero attached hydrogens (tertiary/aromatic N) is 1. The summed E-state index contributed by atoms with van der Waals surface area (Å²) in [6, 6.07) is 16.5. The molecule has 6 nitrogen and oxygen atoms in total. The van der Waals surface area contributed by atoms with E-state index in [2.05, 4.69) is 5.32 Å². The lowest BCUT2D eigenvalue weighted by atomic mass is 9.97. The van der Waals surface area contributed by atoms with Crippen LogP contribution in [0.15, 0.2) is 54.6 Å². The van der Waals surface area contributed by atoms with Crippen molar-refractivity contribution in [3.8, 4) is 5.75 Å². The molecule has 1 fully saturated rings. The molecule has 0 aromatic heterocycles. The largest absolute Gasteiger partial charge is 0.484 e. The summed E-state index contributed by atoms with van der Waals surface area (Å²) in [5, 5.41) is 3.08. The monoisotopic (exact) mass is 444 g/mol. The number of carbonyl (C=O) groups excluding carboxylic acids is 1. The fourth-order valence-electron chi connectivity index (χ4n) is 3.88. The van der Waals surface area contributed by atoms with Crippen LogP contribution < -0.4 is 14.4 Å². The van der Waals surface area contributed by atoms with Crippen LogP contribution in [-0.4, -0.2) is 33.2 Å². The lowest BCUT2D eigenvalue weighted by Gasteiger charge is -2.23. The molecule has 0 bridgehead atoms. The molecule has 0 saturated heterocycles. The van der Waals surface area contributed by atoms with Crippen molar-refractivity contribution in [3.63, 3.8) is 0 Å². The molecule has 0 aliphatic heterocycles. The van der Waals surface area contributed by atoms with Gasteiger partial charge in [0.15, 0.2) is 6.61 Å². The highest BCUT2D eigenvalue weighted by atomic mass is 32.2. The Labute approximate surface area is 185 Å². The van der Waals surface area contributed by atoms with Gasteiger partial charge in [-0.25, -0.2) is 8.42 Å². The Hall–Kier alpha value is -2.54. The van der Waals surface area contributed by atoms with Crippen molar-refractivity contribution in [1.82, 2.24) is 5.32 Å². The number of nitrogens with one attached hydrogen (secondary N) is 1. The minimum absolute atomic E-state index is 0.0460. The Bertz CT molecular complexity index is 922. The van der Waals surface area contributed by atoms with Crippen molar-refractivity contribution < 1.29 is 17.9 Å². The van der Waals surface area contributed by atoms with Gasteiger partial charge >= 0.3 is 0 Å². The molecule has 0 heterocycles. The second-order valence-electron chi connectivity index (χ2n) is 8.15. The predicted molar refractivity (Wildman–Crippen MR) is 124 cm³/mol. The number of sulfonamides is 1. The molecule has 31 heavy (non-hydrogen) atoms. The molecule has 0 radical (unpaired) electrons. The molecule has 1 saturated carbocycles. The summed E-state index contributed by atoms with van der Waals surface area (Å²) in [5.74, 6) is 0.418. The van der Waals surface area contributed by atoms with Gasteiger partial charge in [-0.1, -0.05) is 62.4 Å². The third-order valence-corrected chi connectivity index (χ3v) is 6.67. The molecule has 2 aromatic carbocycles. The Kier molecular flexibility index (Phi) is 8.35. The first-order valence-electron chi connectivity index (χ1n) is 11.0. The maximum Gasteiger partial charge on any atom is 0.258 e. The molecule has 1 amide bonds. The maximum atomic E-state index is 12.3. The van der Waals surface area contributed by atoms with E-state index in [1.165, 1.54) is 29.8 Å².